The molecule has 15 heavy (non-hydrogen) atoms. The molecule has 1 heterocycles. The minimum absolute atomic E-state index is 0.659. The summed E-state index contributed by atoms with van der Waals surface area (Å²) in [4.78, 5) is 2.61. The van der Waals surface area contributed by atoms with E-state index >= 15 is 0 Å². The van der Waals surface area contributed by atoms with Crippen LogP contribution in [0.4, 0.5) is 0 Å². The van der Waals surface area contributed by atoms with Crippen molar-refractivity contribution < 1.29 is 0 Å². The zero-order valence-electron chi connectivity index (χ0n) is 10.8. The highest BCUT2D eigenvalue weighted by atomic mass is 15.2. The van der Waals surface area contributed by atoms with Crippen LogP contribution in [0.5, 0.6) is 0 Å². The van der Waals surface area contributed by atoms with Crippen molar-refractivity contribution in [2.75, 3.05) is 19.6 Å². The molecule has 0 radical (unpaired) electrons. The van der Waals surface area contributed by atoms with Crippen molar-refractivity contribution in [2.24, 2.45) is 11.1 Å². The second-order valence-electron chi connectivity index (χ2n) is 5.33. The molecule has 0 amide bonds. The molecule has 1 unspecified atom stereocenters. The van der Waals surface area contributed by atoms with Crippen LogP contribution in [0.15, 0.2) is 0 Å². The highest BCUT2D eigenvalue weighted by molar-refractivity contribution is 4.96. The van der Waals surface area contributed by atoms with E-state index in [1.165, 1.54) is 38.8 Å². The molecule has 1 fully saturated rings. The number of likely N-dealkylation sites (tertiary alicyclic amines) is 1. The first-order valence-corrected chi connectivity index (χ1v) is 6.61. The van der Waals surface area contributed by atoms with Gasteiger partial charge in [0.1, 0.15) is 0 Å². The van der Waals surface area contributed by atoms with Gasteiger partial charge in [-0.1, -0.05) is 26.7 Å². The first-order chi connectivity index (χ1) is 7.17. The van der Waals surface area contributed by atoms with Crippen LogP contribution in [-0.4, -0.2) is 30.6 Å². The minimum atomic E-state index is 0.659. The summed E-state index contributed by atoms with van der Waals surface area (Å²) < 4.78 is 0. The van der Waals surface area contributed by atoms with Gasteiger partial charge in [-0.25, -0.2) is 0 Å². The van der Waals surface area contributed by atoms with E-state index in [9.17, 15) is 0 Å². The van der Waals surface area contributed by atoms with Crippen molar-refractivity contribution >= 4 is 0 Å². The number of nitrogens with zero attached hydrogens (tertiary/aromatic N) is 1. The van der Waals surface area contributed by atoms with Crippen LogP contribution in [0.3, 0.4) is 0 Å². The highest BCUT2D eigenvalue weighted by Crippen LogP contribution is 2.40. The SMILES string of the molecule is CCCC1(CCC)CN(C(C)CCN)C1. The molecule has 0 saturated carbocycles. The van der Waals surface area contributed by atoms with Crippen LogP contribution >= 0.6 is 0 Å². The molecule has 0 bridgehead atoms. The number of rotatable bonds is 7. The second kappa shape index (κ2) is 5.86. The summed E-state index contributed by atoms with van der Waals surface area (Å²) in [5.41, 5.74) is 6.26. The topological polar surface area (TPSA) is 29.3 Å². The Bertz CT molecular complexity index is 165. The van der Waals surface area contributed by atoms with Gasteiger partial charge in [-0.3, -0.25) is 4.90 Å². The predicted octanol–water partition coefficient (Wildman–Crippen LogP) is 2.63. The summed E-state index contributed by atoms with van der Waals surface area (Å²) in [5, 5.41) is 0. The number of hydrogen-bond donors (Lipinski definition) is 1. The van der Waals surface area contributed by atoms with Crippen LogP contribution in [0, 0.1) is 5.41 Å². The Kier molecular flexibility index (Phi) is 5.07. The lowest BCUT2D eigenvalue weighted by molar-refractivity contribution is -0.0406. The lowest BCUT2D eigenvalue weighted by Gasteiger charge is -2.53. The fourth-order valence-corrected chi connectivity index (χ4v) is 3.05. The van der Waals surface area contributed by atoms with Gasteiger partial charge in [-0.05, 0) is 38.1 Å². The van der Waals surface area contributed by atoms with E-state index < -0.39 is 0 Å². The molecule has 0 spiro atoms. The van der Waals surface area contributed by atoms with Gasteiger partial charge in [-0.2, -0.15) is 0 Å². The van der Waals surface area contributed by atoms with Crippen LogP contribution in [0.1, 0.15) is 52.9 Å². The van der Waals surface area contributed by atoms with Crippen LogP contribution < -0.4 is 5.73 Å². The maximum absolute atomic E-state index is 5.60. The maximum Gasteiger partial charge on any atom is 0.00794 e. The Hall–Kier alpha value is -0.0800. The predicted molar refractivity (Wildman–Crippen MR) is 67.0 cm³/mol. The molecule has 1 atom stereocenters. The fraction of sp³-hybridized carbons (Fsp3) is 1.00. The molecule has 0 aliphatic carbocycles. The lowest BCUT2D eigenvalue weighted by Crippen LogP contribution is -2.59. The van der Waals surface area contributed by atoms with Crippen LogP contribution in [0.25, 0.3) is 0 Å². The van der Waals surface area contributed by atoms with Gasteiger partial charge in [0.25, 0.3) is 0 Å². The van der Waals surface area contributed by atoms with E-state index in [2.05, 4.69) is 25.7 Å². The summed E-state index contributed by atoms with van der Waals surface area (Å²) in [7, 11) is 0. The van der Waals surface area contributed by atoms with E-state index in [0.717, 1.165) is 13.0 Å². The first-order valence-electron chi connectivity index (χ1n) is 6.61. The molecule has 1 aliphatic heterocycles. The van der Waals surface area contributed by atoms with Gasteiger partial charge in [-0.15, -0.1) is 0 Å². The molecule has 2 heteroatoms. The summed E-state index contributed by atoms with van der Waals surface area (Å²) in [5.74, 6) is 0. The van der Waals surface area contributed by atoms with Crippen molar-refractivity contribution in [1.29, 1.82) is 0 Å². The summed E-state index contributed by atoms with van der Waals surface area (Å²) in [6.45, 7) is 10.4. The Morgan fingerprint density at radius 1 is 1.20 bits per heavy atom. The van der Waals surface area contributed by atoms with Crippen molar-refractivity contribution in [3.8, 4) is 0 Å². The van der Waals surface area contributed by atoms with Crippen LogP contribution in [0.2, 0.25) is 0 Å². The van der Waals surface area contributed by atoms with Gasteiger partial charge in [0, 0.05) is 19.1 Å². The third-order valence-corrected chi connectivity index (χ3v) is 3.85. The Morgan fingerprint density at radius 2 is 1.73 bits per heavy atom. The van der Waals surface area contributed by atoms with Crippen molar-refractivity contribution in [1.82, 2.24) is 4.90 Å². The smallest absolute Gasteiger partial charge is 0.00794 e. The Balaban J connectivity index is 2.35. The normalized spacial score (nSPS) is 22.4. The summed E-state index contributed by atoms with van der Waals surface area (Å²) in [6, 6.07) is 0.692. The highest BCUT2D eigenvalue weighted by Gasteiger charge is 2.42. The van der Waals surface area contributed by atoms with Crippen molar-refractivity contribution in [3.05, 3.63) is 0 Å². The quantitative estimate of drug-likeness (QED) is 0.703. The van der Waals surface area contributed by atoms with Crippen LogP contribution in [-0.2, 0) is 0 Å². The molecule has 0 aromatic rings. The average Bonchev–Trinajstić information content (AvgIpc) is 2.14. The molecule has 0 aromatic carbocycles. The van der Waals surface area contributed by atoms with Gasteiger partial charge in [0.2, 0.25) is 0 Å². The van der Waals surface area contributed by atoms with E-state index in [0.29, 0.717) is 11.5 Å². The molecule has 90 valence electrons. The number of nitrogens with two attached hydrogens (primary N) is 1. The molecule has 2 N–H and O–H groups in total. The van der Waals surface area contributed by atoms with Gasteiger partial charge in [0.05, 0.1) is 0 Å². The lowest BCUT2D eigenvalue weighted by atomic mass is 9.72. The minimum Gasteiger partial charge on any atom is -0.330 e. The fourth-order valence-electron chi connectivity index (χ4n) is 3.05. The van der Waals surface area contributed by atoms with Gasteiger partial charge >= 0.3 is 0 Å². The Morgan fingerprint density at radius 3 is 2.13 bits per heavy atom. The standard InChI is InChI=1S/C13H28N2/c1-4-7-13(8-5-2)10-15(11-13)12(3)6-9-14/h12H,4-11,14H2,1-3H3. The molecule has 1 aliphatic rings. The Labute approximate surface area is 95.2 Å². The second-order valence-corrected chi connectivity index (χ2v) is 5.33. The third-order valence-electron chi connectivity index (χ3n) is 3.85. The van der Waals surface area contributed by atoms with E-state index in [1.807, 2.05) is 0 Å². The largest absolute Gasteiger partial charge is 0.330 e. The van der Waals surface area contributed by atoms with E-state index in [1.54, 1.807) is 0 Å². The molecular weight excluding hydrogens is 184 g/mol. The van der Waals surface area contributed by atoms with Gasteiger partial charge in [0.15, 0.2) is 0 Å². The average molecular weight is 212 g/mol. The molecule has 2 nitrogen and oxygen atoms in total. The molecular formula is C13H28N2. The zero-order chi connectivity index (χ0) is 11.3. The first kappa shape index (κ1) is 13.0. The molecule has 1 saturated heterocycles. The zero-order valence-corrected chi connectivity index (χ0v) is 10.8. The molecule has 0 aromatic heterocycles. The van der Waals surface area contributed by atoms with E-state index in [4.69, 9.17) is 5.73 Å². The van der Waals surface area contributed by atoms with Crippen molar-refractivity contribution in [3.63, 3.8) is 0 Å². The molecule has 1 rings (SSSR count). The summed E-state index contributed by atoms with van der Waals surface area (Å²) in [6.07, 6.45) is 6.63. The van der Waals surface area contributed by atoms with Crippen molar-refractivity contribution in [2.45, 2.75) is 58.9 Å². The third kappa shape index (κ3) is 3.18. The van der Waals surface area contributed by atoms with Gasteiger partial charge < -0.3 is 5.73 Å². The maximum atomic E-state index is 5.60. The summed E-state index contributed by atoms with van der Waals surface area (Å²) >= 11 is 0. The monoisotopic (exact) mass is 212 g/mol. The van der Waals surface area contributed by atoms with E-state index in [-0.39, 0.29) is 0 Å². The number of hydrogen-bond acceptors (Lipinski definition) is 2.